The molecule has 0 radical (unpaired) electrons. The van der Waals surface area contributed by atoms with E-state index in [1.807, 2.05) is 0 Å². The second-order valence-corrected chi connectivity index (χ2v) is 6.25. The lowest BCUT2D eigenvalue weighted by atomic mass is 9.86. The first-order valence-electron chi connectivity index (χ1n) is 6.62. The fraction of sp³-hybridized carbons (Fsp3) is 0.625. The number of rotatable bonds is 4. The minimum absolute atomic E-state index is 0.208. The summed E-state index contributed by atoms with van der Waals surface area (Å²) in [7, 11) is 0. The normalized spacial score (nSPS) is 15.6. The van der Waals surface area contributed by atoms with Crippen LogP contribution in [0.4, 0.5) is 0 Å². The maximum absolute atomic E-state index is 3.59. The van der Waals surface area contributed by atoms with Crippen LogP contribution in [0.2, 0.25) is 0 Å². The van der Waals surface area contributed by atoms with Crippen LogP contribution in [0.15, 0.2) is 24.3 Å². The van der Waals surface area contributed by atoms with Crippen LogP contribution >= 0.6 is 0 Å². The molecule has 1 nitrogen and oxygen atoms in total. The molecule has 0 heterocycles. The molecule has 0 saturated heterocycles. The zero-order valence-electron chi connectivity index (χ0n) is 12.2. The van der Waals surface area contributed by atoms with Gasteiger partial charge >= 0.3 is 0 Å². The van der Waals surface area contributed by atoms with E-state index in [9.17, 15) is 0 Å². The molecule has 96 valence electrons. The molecule has 0 aliphatic carbocycles. The first-order valence-corrected chi connectivity index (χ1v) is 6.62. The summed E-state index contributed by atoms with van der Waals surface area (Å²) in [6.07, 6.45) is 0. The third-order valence-corrected chi connectivity index (χ3v) is 3.49. The smallest absolute Gasteiger partial charge is 0.00966 e. The van der Waals surface area contributed by atoms with Crippen molar-refractivity contribution in [3.05, 3.63) is 35.4 Å². The van der Waals surface area contributed by atoms with Crippen molar-refractivity contribution >= 4 is 0 Å². The highest BCUT2D eigenvalue weighted by atomic mass is 14.9. The Bertz CT molecular complexity index is 349. The van der Waals surface area contributed by atoms with Gasteiger partial charge in [-0.2, -0.15) is 0 Å². The molecule has 17 heavy (non-hydrogen) atoms. The van der Waals surface area contributed by atoms with Crippen molar-refractivity contribution in [2.24, 2.45) is 5.92 Å². The molecule has 2 unspecified atom stereocenters. The molecule has 0 aromatic heterocycles. The van der Waals surface area contributed by atoms with E-state index in [1.54, 1.807) is 0 Å². The molecule has 0 saturated carbocycles. The lowest BCUT2D eigenvalue weighted by Gasteiger charge is -2.27. The van der Waals surface area contributed by atoms with Gasteiger partial charge in [-0.05, 0) is 57.2 Å². The van der Waals surface area contributed by atoms with Crippen molar-refractivity contribution < 1.29 is 0 Å². The Kier molecular flexibility index (Phi) is 4.76. The zero-order valence-corrected chi connectivity index (χ0v) is 12.2. The van der Waals surface area contributed by atoms with E-state index >= 15 is 0 Å². The predicted molar refractivity (Wildman–Crippen MR) is 76.5 cm³/mol. The monoisotopic (exact) mass is 233 g/mol. The Labute approximate surface area is 107 Å². The summed E-state index contributed by atoms with van der Waals surface area (Å²) in [6, 6.07) is 8.72. The molecule has 0 spiro atoms. The molecule has 0 aliphatic rings. The van der Waals surface area contributed by atoms with Gasteiger partial charge < -0.3 is 5.32 Å². The van der Waals surface area contributed by atoms with Crippen molar-refractivity contribution in [3.8, 4) is 0 Å². The van der Waals surface area contributed by atoms with Gasteiger partial charge in [0.15, 0.2) is 0 Å². The number of aryl methyl sites for hydroxylation is 1. The average molecular weight is 233 g/mol. The van der Waals surface area contributed by atoms with Crippen LogP contribution < -0.4 is 5.32 Å². The lowest BCUT2D eigenvalue weighted by Crippen LogP contribution is -2.39. The van der Waals surface area contributed by atoms with Crippen molar-refractivity contribution in [3.63, 3.8) is 0 Å². The average Bonchev–Trinajstić information content (AvgIpc) is 2.24. The van der Waals surface area contributed by atoms with Gasteiger partial charge in [0.1, 0.15) is 0 Å². The molecule has 0 fully saturated rings. The van der Waals surface area contributed by atoms with Crippen molar-refractivity contribution in [1.29, 1.82) is 0 Å². The van der Waals surface area contributed by atoms with Gasteiger partial charge in [0.2, 0.25) is 0 Å². The van der Waals surface area contributed by atoms with E-state index in [4.69, 9.17) is 0 Å². The Balaban J connectivity index is 2.64. The number of hydrogen-bond acceptors (Lipinski definition) is 1. The SMILES string of the molecule is Cc1ccccc1C(C)C(C)CNC(C)(C)C. The van der Waals surface area contributed by atoms with Gasteiger partial charge in [-0.1, -0.05) is 38.1 Å². The van der Waals surface area contributed by atoms with Crippen molar-refractivity contribution in [2.45, 2.75) is 53.0 Å². The standard InChI is InChI=1S/C16H27N/c1-12-9-7-8-10-15(12)14(3)13(2)11-17-16(4,5)6/h7-10,13-14,17H,11H2,1-6H3. The van der Waals surface area contributed by atoms with Crippen LogP contribution in [0.25, 0.3) is 0 Å². The summed E-state index contributed by atoms with van der Waals surface area (Å²) in [4.78, 5) is 0. The third-order valence-electron chi connectivity index (χ3n) is 3.49. The molecule has 0 amide bonds. The number of hydrogen-bond donors (Lipinski definition) is 1. The molecule has 1 N–H and O–H groups in total. The molecule has 1 heteroatoms. The lowest BCUT2D eigenvalue weighted by molar-refractivity contribution is 0.359. The van der Waals surface area contributed by atoms with Crippen molar-refractivity contribution in [1.82, 2.24) is 5.32 Å². The second kappa shape index (κ2) is 5.68. The van der Waals surface area contributed by atoms with E-state index in [0.29, 0.717) is 11.8 Å². The van der Waals surface area contributed by atoms with E-state index in [2.05, 4.69) is 71.1 Å². The fourth-order valence-electron chi connectivity index (χ4n) is 2.05. The van der Waals surface area contributed by atoms with Crippen LogP contribution in [0.1, 0.15) is 51.7 Å². The molecule has 1 aromatic rings. The molecule has 1 rings (SSSR count). The zero-order chi connectivity index (χ0) is 13.1. The maximum atomic E-state index is 3.59. The summed E-state index contributed by atoms with van der Waals surface area (Å²) in [5.74, 6) is 1.25. The Morgan fingerprint density at radius 1 is 1.12 bits per heavy atom. The Morgan fingerprint density at radius 3 is 2.24 bits per heavy atom. The Hall–Kier alpha value is -0.820. The summed E-state index contributed by atoms with van der Waals surface area (Å²) in [5, 5.41) is 3.59. The van der Waals surface area contributed by atoms with Crippen molar-refractivity contribution in [2.75, 3.05) is 6.54 Å². The highest BCUT2D eigenvalue weighted by Gasteiger charge is 2.18. The molecule has 0 aliphatic heterocycles. The highest BCUT2D eigenvalue weighted by molar-refractivity contribution is 5.29. The second-order valence-electron chi connectivity index (χ2n) is 6.25. The van der Waals surface area contributed by atoms with Gasteiger partial charge in [0, 0.05) is 5.54 Å². The largest absolute Gasteiger partial charge is 0.312 e. The molecule has 0 bridgehead atoms. The minimum atomic E-state index is 0.208. The summed E-state index contributed by atoms with van der Waals surface area (Å²) >= 11 is 0. The van der Waals surface area contributed by atoms with Gasteiger partial charge in [-0.3, -0.25) is 0 Å². The first-order chi connectivity index (χ1) is 7.81. The quantitative estimate of drug-likeness (QED) is 0.825. The molecular weight excluding hydrogens is 206 g/mol. The van der Waals surface area contributed by atoms with Crippen LogP contribution in [-0.2, 0) is 0 Å². The van der Waals surface area contributed by atoms with Gasteiger partial charge in [0.05, 0.1) is 0 Å². The Morgan fingerprint density at radius 2 is 1.71 bits per heavy atom. The summed E-state index contributed by atoms with van der Waals surface area (Å²) in [6.45, 7) is 14.6. The van der Waals surface area contributed by atoms with Crippen LogP contribution in [0.5, 0.6) is 0 Å². The molecule has 2 atom stereocenters. The van der Waals surface area contributed by atoms with E-state index in [-0.39, 0.29) is 5.54 Å². The van der Waals surface area contributed by atoms with Crippen LogP contribution in [0, 0.1) is 12.8 Å². The predicted octanol–water partition coefficient (Wildman–Crippen LogP) is 4.12. The van der Waals surface area contributed by atoms with E-state index in [1.165, 1.54) is 11.1 Å². The number of benzene rings is 1. The van der Waals surface area contributed by atoms with Crippen LogP contribution in [-0.4, -0.2) is 12.1 Å². The van der Waals surface area contributed by atoms with Gasteiger partial charge in [0.25, 0.3) is 0 Å². The van der Waals surface area contributed by atoms with E-state index in [0.717, 1.165) is 6.54 Å². The summed E-state index contributed by atoms with van der Waals surface area (Å²) in [5.41, 5.74) is 3.10. The molecule has 1 aromatic carbocycles. The topological polar surface area (TPSA) is 12.0 Å². The first kappa shape index (κ1) is 14.2. The summed E-state index contributed by atoms with van der Waals surface area (Å²) < 4.78 is 0. The third kappa shape index (κ3) is 4.51. The highest BCUT2D eigenvalue weighted by Crippen LogP contribution is 2.26. The van der Waals surface area contributed by atoms with Gasteiger partial charge in [-0.15, -0.1) is 0 Å². The fourth-order valence-corrected chi connectivity index (χ4v) is 2.05. The maximum Gasteiger partial charge on any atom is 0.00966 e. The minimum Gasteiger partial charge on any atom is -0.312 e. The van der Waals surface area contributed by atoms with E-state index < -0.39 is 0 Å². The van der Waals surface area contributed by atoms with Crippen LogP contribution in [0.3, 0.4) is 0 Å². The van der Waals surface area contributed by atoms with Gasteiger partial charge in [-0.25, -0.2) is 0 Å². The molecular formula is C16H27N. The number of nitrogens with one attached hydrogen (secondary N) is 1.